The number of nitrogens with zero attached hydrogens (tertiary/aromatic N) is 2. The molecule has 112 valence electrons. The van der Waals surface area contributed by atoms with Gasteiger partial charge in [-0.1, -0.05) is 27.7 Å². The lowest BCUT2D eigenvalue weighted by molar-refractivity contribution is -0.120. The van der Waals surface area contributed by atoms with Crippen LogP contribution in [0.1, 0.15) is 45.9 Å². The topological polar surface area (TPSA) is 66.9 Å². The number of anilines is 1. The van der Waals surface area contributed by atoms with E-state index in [0.29, 0.717) is 18.9 Å². The highest BCUT2D eigenvalue weighted by molar-refractivity contribution is 9.10. The number of rotatable bonds is 7. The van der Waals surface area contributed by atoms with E-state index < -0.39 is 0 Å². The Hall–Kier alpha value is -1.17. The average Bonchev–Trinajstić information content (AvgIpc) is 2.35. The van der Waals surface area contributed by atoms with Crippen LogP contribution in [0.2, 0.25) is 0 Å². The smallest absolute Gasteiger partial charge is 0.221 e. The summed E-state index contributed by atoms with van der Waals surface area (Å²) in [7, 11) is 0. The molecule has 1 aromatic heterocycles. The van der Waals surface area contributed by atoms with Crippen LogP contribution in [0.5, 0.6) is 0 Å². The lowest BCUT2D eigenvalue weighted by atomic mass is 10.2. The van der Waals surface area contributed by atoms with Gasteiger partial charge in [0.15, 0.2) is 0 Å². The van der Waals surface area contributed by atoms with Crippen molar-refractivity contribution in [3.8, 4) is 0 Å². The van der Waals surface area contributed by atoms with Crippen molar-refractivity contribution in [2.24, 2.45) is 5.92 Å². The molecule has 0 aliphatic carbocycles. The van der Waals surface area contributed by atoms with Crippen LogP contribution in [0.25, 0.3) is 0 Å². The van der Waals surface area contributed by atoms with Crippen molar-refractivity contribution in [3.63, 3.8) is 0 Å². The van der Waals surface area contributed by atoms with Crippen LogP contribution < -0.4 is 10.6 Å². The standard InChI is InChI=1S/C14H23BrN4O/c1-9(2)8-17-13(20)5-6-16-12-7-11(15)18-14(19-12)10(3)4/h7,9-10H,5-6,8H2,1-4H3,(H,17,20)(H,16,18,19). The van der Waals surface area contributed by atoms with Gasteiger partial charge in [0.05, 0.1) is 0 Å². The van der Waals surface area contributed by atoms with Crippen LogP contribution in [0, 0.1) is 5.92 Å². The number of carbonyl (C=O) groups excluding carboxylic acids is 1. The molecule has 1 rings (SSSR count). The van der Waals surface area contributed by atoms with Gasteiger partial charge in [-0.3, -0.25) is 4.79 Å². The molecule has 5 nitrogen and oxygen atoms in total. The van der Waals surface area contributed by atoms with Gasteiger partial charge in [0.25, 0.3) is 0 Å². The Morgan fingerprint density at radius 2 is 2.00 bits per heavy atom. The first-order valence-electron chi connectivity index (χ1n) is 6.93. The molecule has 2 N–H and O–H groups in total. The molecule has 0 saturated heterocycles. The molecule has 0 spiro atoms. The number of halogens is 1. The van der Waals surface area contributed by atoms with E-state index >= 15 is 0 Å². The van der Waals surface area contributed by atoms with Crippen molar-refractivity contribution in [1.82, 2.24) is 15.3 Å². The third-order valence-corrected chi connectivity index (χ3v) is 3.00. The van der Waals surface area contributed by atoms with Crippen molar-refractivity contribution in [1.29, 1.82) is 0 Å². The zero-order valence-electron chi connectivity index (χ0n) is 12.5. The van der Waals surface area contributed by atoms with Gasteiger partial charge in [-0.2, -0.15) is 0 Å². The largest absolute Gasteiger partial charge is 0.369 e. The first kappa shape index (κ1) is 16.9. The summed E-state index contributed by atoms with van der Waals surface area (Å²) in [5.74, 6) is 2.32. The Balaban J connectivity index is 2.44. The minimum atomic E-state index is 0.0587. The van der Waals surface area contributed by atoms with Crippen LogP contribution in [0.15, 0.2) is 10.7 Å². The summed E-state index contributed by atoms with van der Waals surface area (Å²) in [4.78, 5) is 20.3. The molecule has 1 heterocycles. The zero-order chi connectivity index (χ0) is 15.1. The molecule has 0 radical (unpaired) electrons. The number of amides is 1. The zero-order valence-corrected chi connectivity index (χ0v) is 14.1. The van der Waals surface area contributed by atoms with Crippen molar-refractivity contribution < 1.29 is 4.79 Å². The molecule has 0 unspecified atom stereocenters. The van der Waals surface area contributed by atoms with Gasteiger partial charge in [0.1, 0.15) is 16.2 Å². The third-order valence-electron chi connectivity index (χ3n) is 2.59. The highest BCUT2D eigenvalue weighted by atomic mass is 79.9. The second kappa shape index (κ2) is 8.19. The number of nitrogens with one attached hydrogen (secondary N) is 2. The predicted molar refractivity (Wildman–Crippen MR) is 84.8 cm³/mol. The lowest BCUT2D eigenvalue weighted by Gasteiger charge is -2.10. The minimum absolute atomic E-state index is 0.0587. The predicted octanol–water partition coefficient (Wildman–Crippen LogP) is 2.94. The molecule has 0 aromatic carbocycles. The Labute approximate surface area is 129 Å². The molecule has 0 aliphatic heterocycles. The first-order chi connectivity index (χ1) is 9.38. The first-order valence-corrected chi connectivity index (χ1v) is 7.72. The normalized spacial score (nSPS) is 10.9. The van der Waals surface area contributed by atoms with E-state index in [0.717, 1.165) is 22.8 Å². The summed E-state index contributed by atoms with van der Waals surface area (Å²) in [5.41, 5.74) is 0. The molecular formula is C14H23BrN4O. The fourth-order valence-corrected chi connectivity index (χ4v) is 1.89. The summed E-state index contributed by atoms with van der Waals surface area (Å²) in [6.45, 7) is 9.52. The Bertz CT molecular complexity index is 449. The lowest BCUT2D eigenvalue weighted by Crippen LogP contribution is -2.28. The van der Waals surface area contributed by atoms with Gasteiger partial charge < -0.3 is 10.6 Å². The van der Waals surface area contributed by atoms with E-state index in [4.69, 9.17) is 0 Å². The van der Waals surface area contributed by atoms with Crippen molar-refractivity contribution in [3.05, 3.63) is 16.5 Å². The third kappa shape index (κ3) is 6.32. The quantitative estimate of drug-likeness (QED) is 0.747. The summed E-state index contributed by atoms with van der Waals surface area (Å²) >= 11 is 3.37. The van der Waals surface area contributed by atoms with E-state index in [1.165, 1.54) is 0 Å². The molecule has 1 amide bonds. The average molecular weight is 343 g/mol. The van der Waals surface area contributed by atoms with Crippen LogP contribution in [-0.2, 0) is 4.79 Å². The van der Waals surface area contributed by atoms with Gasteiger partial charge in [0.2, 0.25) is 5.91 Å². The highest BCUT2D eigenvalue weighted by Crippen LogP contribution is 2.17. The van der Waals surface area contributed by atoms with Gasteiger partial charge in [-0.15, -0.1) is 0 Å². The fourth-order valence-electron chi connectivity index (χ4n) is 1.49. The van der Waals surface area contributed by atoms with Crippen LogP contribution >= 0.6 is 15.9 Å². The van der Waals surface area contributed by atoms with E-state index in [1.54, 1.807) is 0 Å². The van der Waals surface area contributed by atoms with Gasteiger partial charge in [-0.25, -0.2) is 9.97 Å². The monoisotopic (exact) mass is 342 g/mol. The maximum Gasteiger partial charge on any atom is 0.221 e. The molecule has 0 atom stereocenters. The minimum Gasteiger partial charge on any atom is -0.369 e. The second-order valence-electron chi connectivity index (χ2n) is 5.46. The SMILES string of the molecule is CC(C)CNC(=O)CCNc1cc(Br)nc(C(C)C)n1. The molecular weight excluding hydrogens is 320 g/mol. The molecule has 1 aromatic rings. The van der Waals surface area contributed by atoms with Crippen LogP contribution in [-0.4, -0.2) is 29.0 Å². The molecule has 6 heteroatoms. The summed E-state index contributed by atoms with van der Waals surface area (Å²) in [6, 6.07) is 1.82. The maximum atomic E-state index is 11.6. The number of hydrogen-bond acceptors (Lipinski definition) is 4. The van der Waals surface area contributed by atoms with Crippen molar-refractivity contribution in [2.45, 2.75) is 40.0 Å². The van der Waals surface area contributed by atoms with Crippen LogP contribution in [0.4, 0.5) is 5.82 Å². The summed E-state index contributed by atoms with van der Waals surface area (Å²) in [6.07, 6.45) is 0.436. The van der Waals surface area contributed by atoms with Crippen molar-refractivity contribution in [2.75, 3.05) is 18.4 Å². The number of aromatic nitrogens is 2. The fraction of sp³-hybridized carbons (Fsp3) is 0.643. The Morgan fingerprint density at radius 3 is 2.60 bits per heavy atom. The molecule has 0 fully saturated rings. The van der Waals surface area contributed by atoms with Crippen molar-refractivity contribution >= 4 is 27.7 Å². The molecule has 20 heavy (non-hydrogen) atoms. The maximum absolute atomic E-state index is 11.6. The Morgan fingerprint density at radius 1 is 1.30 bits per heavy atom. The van der Waals surface area contributed by atoms with E-state index in [-0.39, 0.29) is 11.8 Å². The molecule has 0 saturated carbocycles. The van der Waals surface area contributed by atoms with Gasteiger partial charge >= 0.3 is 0 Å². The molecule has 0 aliphatic rings. The summed E-state index contributed by atoms with van der Waals surface area (Å²) < 4.78 is 0.753. The van der Waals surface area contributed by atoms with E-state index in [2.05, 4.69) is 50.4 Å². The molecule has 0 bridgehead atoms. The highest BCUT2D eigenvalue weighted by Gasteiger charge is 2.07. The number of hydrogen-bond donors (Lipinski definition) is 2. The summed E-state index contributed by atoms with van der Waals surface area (Å²) in [5, 5.41) is 6.05. The van der Waals surface area contributed by atoms with E-state index in [1.807, 2.05) is 19.9 Å². The second-order valence-corrected chi connectivity index (χ2v) is 6.28. The Kier molecular flexibility index (Phi) is 6.91. The van der Waals surface area contributed by atoms with Gasteiger partial charge in [-0.05, 0) is 21.8 Å². The van der Waals surface area contributed by atoms with E-state index in [9.17, 15) is 4.79 Å². The van der Waals surface area contributed by atoms with Crippen LogP contribution in [0.3, 0.4) is 0 Å². The number of carbonyl (C=O) groups is 1. The van der Waals surface area contributed by atoms with Gasteiger partial charge in [0, 0.05) is 31.5 Å².